The fourth-order valence-electron chi connectivity index (χ4n) is 4.65. The first-order valence-electron chi connectivity index (χ1n) is 10.8. The Labute approximate surface area is 175 Å². The summed E-state index contributed by atoms with van der Waals surface area (Å²) in [5, 5.41) is 0. The molecule has 0 bridgehead atoms. The summed E-state index contributed by atoms with van der Waals surface area (Å²) in [5.74, 6) is 1.01. The predicted molar refractivity (Wildman–Crippen MR) is 119 cm³/mol. The second-order valence-electron chi connectivity index (χ2n) is 8.67. The normalized spacial score (nSPS) is 22.3. The molecule has 0 aliphatic carbocycles. The number of thioether (sulfide) groups is 1. The van der Waals surface area contributed by atoms with Crippen LogP contribution in [0.4, 0.5) is 0 Å². The lowest BCUT2D eigenvalue weighted by Gasteiger charge is -2.36. The predicted octanol–water partition coefficient (Wildman–Crippen LogP) is 3.95. The molecule has 4 nitrogen and oxygen atoms in total. The number of rotatable bonds is 7. The molecule has 2 saturated heterocycles. The third-order valence-electron chi connectivity index (χ3n) is 6.54. The number of carbonyl (C=O) groups is 1. The van der Waals surface area contributed by atoms with Gasteiger partial charge in [-0.2, -0.15) is 0 Å². The maximum absolute atomic E-state index is 12.7. The summed E-state index contributed by atoms with van der Waals surface area (Å²) in [4.78, 5) is 21.0. The standard InChI is InChI=1S/C23H37N3OS/c1-24-14-11-21(12-15-24)25(2)23(27)10-9-19-7-5-13-26(17-19)18-20-6-4-8-22(16-20)28-3/h4,6,8,16,19,21H,5,7,9-15,17-18H2,1-3H3. The molecule has 2 aliphatic rings. The van der Waals surface area contributed by atoms with Crippen molar-refractivity contribution in [3.63, 3.8) is 0 Å². The van der Waals surface area contributed by atoms with Gasteiger partial charge in [0.15, 0.2) is 0 Å². The smallest absolute Gasteiger partial charge is 0.222 e. The van der Waals surface area contributed by atoms with Crippen LogP contribution in [0.2, 0.25) is 0 Å². The highest BCUT2D eigenvalue weighted by Gasteiger charge is 2.25. The van der Waals surface area contributed by atoms with Gasteiger partial charge in [0, 0.05) is 37.5 Å². The minimum atomic E-state index is 0.347. The zero-order valence-corrected chi connectivity index (χ0v) is 18.7. The van der Waals surface area contributed by atoms with E-state index in [0.29, 0.717) is 24.3 Å². The van der Waals surface area contributed by atoms with Crippen molar-refractivity contribution >= 4 is 17.7 Å². The van der Waals surface area contributed by atoms with E-state index in [-0.39, 0.29) is 0 Å². The van der Waals surface area contributed by atoms with Crippen LogP contribution >= 0.6 is 11.8 Å². The number of nitrogens with zero attached hydrogens (tertiary/aromatic N) is 3. The average Bonchev–Trinajstić information content (AvgIpc) is 2.72. The van der Waals surface area contributed by atoms with Crippen LogP contribution in [0.25, 0.3) is 0 Å². The van der Waals surface area contributed by atoms with E-state index in [1.807, 2.05) is 23.7 Å². The lowest BCUT2D eigenvalue weighted by molar-refractivity contribution is -0.133. The molecule has 0 saturated carbocycles. The minimum absolute atomic E-state index is 0.347. The first-order chi connectivity index (χ1) is 13.5. The Morgan fingerprint density at radius 2 is 2.00 bits per heavy atom. The van der Waals surface area contributed by atoms with Crippen molar-refractivity contribution in [3.05, 3.63) is 29.8 Å². The van der Waals surface area contributed by atoms with Gasteiger partial charge in [-0.15, -0.1) is 11.8 Å². The molecule has 2 heterocycles. The molecule has 156 valence electrons. The Morgan fingerprint density at radius 3 is 2.75 bits per heavy atom. The number of carbonyl (C=O) groups excluding carboxylic acids is 1. The third-order valence-corrected chi connectivity index (χ3v) is 7.26. The first-order valence-corrected chi connectivity index (χ1v) is 12.1. The van der Waals surface area contributed by atoms with E-state index in [4.69, 9.17) is 0 Å². The van der Waals surface area contributed by atoms with Gasteiger partial charge in [0.25, 0.3) is 0 Å². The highest BCUT2D eigenvalue weighted by Crippen LogP contribution is 2.24. The van der Waals surface area contributed by atoms with Crippen molar-refractivity contribution in [2.45, 2.75) is 56.0 Å². The van der Waals surface area contributed by atoms with Gasteiger partial charge < -0.3 is 9.80 Å². The largest absolute Gasteiger partial charge is 0.343 e. The second kappa shape index (κ2) is 10.7. The van der Waals surface area contributed by atoms with E-state index in [1.54, 1.807) is 0 Å². The van der Waals surface area contributed by atoms with Crippen molar-refractivity contribution < 1.29 is 4.79 Å². The van der Waals surface area contributed by atoms with Crippen molar-refractivity contribution in [2.75, 3.05) is 46.5 Å². The number of benzene rings is 1. The van der Waals surface area contributed by atoms with Gasteiger partial charge in [0.2, 0.25) is 5.91 Å². The third kappa shape index (κ3) is 6.23. The fourth-order valence-corrected chi connectivity index (χ4v) is 5.13. The Kier molecular flexibility index (Phi) is 8.24. The van der Waals surface area contributed by atoms with Crippen LogP contribution in [-0.4, -0.2) is 73.2 Å². The van der Waals surface area contributed by atoms with Gasteiger partial charge in [-0.05, 0) is 88.7 Å². The molecule has 0 N–H and O–H groups in total. The van der Waals surface area contributed by atoms with Gasteiger partial charge in [-0.1, -0.05) is 12.1 Å². The summed E-state index contributed by atoms with van der Waals surface area (Å²) in [5.41, 5.74) is 1.41. The molecule has 1 unspecified atom stereocenters. The van der Waals surface area contributed by atoms with Crippen LogP contribution < -0.4 is 0 Å². The molecule has 0 aromatic heterocycles. The number of piperidine rings is 2. The van der Waals surface area contributed by atoms with E-state index in [0.717, 1.165) is 45.4 Å². The number of amides is 1. The molecule has 1 aromatic rings. The quantitative estimate of drug-likeness (QED) is 0.644. The lowest BCUT2D eigenvalue weighted by atomic mass is 9.92. The van der Waals surface area contributed by atoms with Crippen LogP contribution in [0, 0.1) is 5.92 Å². The summed E-state index contributed by atoms with van der Waals surface area (Å²) in [6.45, 7) is 5.57. The van der Waals surface area contributed by atoms with Crippen LogP contribution in [-0.2, 0) is 11.3 Å². The molecule has 0 spiro atoms. The first kappa shape index (κ1) is 21.7. The Hall–Kier alpha value is -1.04. The van der Waals surface area contributed by atoms with E-state index in [2.05, 4.69) is 47.4 Å². The number of hydrogen-bond donors (Lipinski definition) is 0. The molecular weight excluding hydrogens is 366 g/mol. The van der Waals surface area contributed by atoms with Gasteiger partial charge in [-0.3, -0.25) is 9.69 Å². The lowest BCUT2D eigenvalue weighted by Crippen LogP contribution is -2.44. The van der Waals surface area contributed by atoms with Gasteiger partial charge in [-0.25, -0.2) is 0 Å². The summed E-state index contributed by atoms with van der Waals surface area (Å²) in [7, 11) is 4.19. The molecule has 1 atom stereocenters. The van der Waals surface area contributed by atoms with Crippen LogP contribution in [0.1, 0.15) is 44.1 Å². The maximum atomic E-state index is 12.7. The fraction of sp³-hybridized carbons (Fsp3) is 0.696. The van der Waals surface area contributed by atoms with Crippen molar-refractivity contribution in [2.24, 2.45) is 5.92 Å². The van der Waals surface area contributed by atoms with Crippen LogP contribution in [0.5, 0.6) is 0 Å². The van der Waals surface area contributed by atoms with Gasteiger partial charge in [0.1, 0.15) is 0 Å². The van der Waals surface area contributed by atoms with E-state index >= 15 is 0 Å². The molecule has 2 aliphatic heterocycles. The minimum Gasteiger partial charge on any atom is -0.343 e. The molecule has 2 fully saturated rings. The Bertz CT molecular complexity index is 630. The second-order valence-corrected chi connectivity index (χ2v) is 9.55. The molecule has 1 aromatic carbocycles. The molecule has 3 rings (SSSR count). The van der Waals surface area contributed by atoms with Crippen LogP contribution in [0.15, 0.2) is 29.2 Å². The van der Waals surface area contributed by atoms with E-state index < -0.39 is 0 Å². The molecule has 1 amide bonds. The van der Waals surface area contributed by atoms with Crippen molar-refractivity contribution in [1.29, 1.82) is 0 Å². The number of hydrogen-bond acceptors (Lipinski definition) is 4. The summed E-state index contributed by atoms with van der Waals surface area (Å²) < 4.78 is 0. The zero-order valence-electron chi connectivity index (χ0n) is 17.9. The molecule has 0 radical (unpaired) electrons. The van der Waals surface area contributed by atoms with Crippen molar-refractivity contribution in [3.8, 4) is 0 Å². The zero-order chi connectivity index (χ0) is 19.9. The topological polar surface area (TPSA) is 26.8 Å². The summed E-state index contributed by atoms with van der Waals surface area (Å²) in [6.07, 6.45) is 8.64. The molecule has 5 heteroatoms. The maximum Gasteiger partial charge on any atom is 0.222 e. The van der Waals surface area contributed by atoms with Crippen molar-refractivity contribution in [1.82, 2.24) is 14.7 Å². The highest BCUT2D eigenvalue weighted by molar-refractivity contribution is 7.98. The van der Waals surface area contributed by atoms with Crippen LogP contribution in [0.3, 0.4) is 0 Å². The average molecular weight is 404 g/mol. The van der Waals surface area contributed by atoms with Gasteiger partial charge >= 0.3 is 0 Å². The Morgan fingerprint density at radius 1 is 1.21 bits per heavy atom. The highest BCUT2D eigenvalue weighted by atomic mass is 32.2. The van der Waals surface area contributed by atoms with E-state index in [1.165, 1.54) is 29.8 Å². The monoisotopic (exact) mass is 403 g/mol. The molecule has 28 heavy (non-hydrogen) atoms. The van der Waals surface area contributed by atoms with E-state index in [9.17, 15) is 4.79 Å². The molecular formula is C23H37N3OS. The van der Waals surface area contributed by atoms with Gasteiger partial charge in [0.05, 0.1) is 0 Å². The SMILES string of the molecule is CSc1cccc(CN2CCCC(CCC(=O)N(C)C3CCN(C)CC3)C2)c1. The number of likely N-dealkylation sites (tertiary alicyclic amines) is 2. The Balaban J connectivity index is 1.43. The summed E-state index contributed by atoms with van der Waals surface area (Å²) in [6, 6.07) is 9.34. The summed E-state index contributed by atoms with van der Waals surface area (Å²) >= 11 is 1.81.